The van der Waals surface area contributed by atoms with Crippen LogP contribution in [0.25, 0.3) is 0 Å². The lowest BCUT2D eigenvalue weighted by Gasteiger charge is -2.10. The van der Waals surface area contributed by atoms with Crippen LogP contribution in [0, 0.1) is 0 Å². The summed E-state index contributed by atoms with van der Waals surface area (Å²) in [6, 6.07) is 5.37. The average molecular weight is 285 g/mol. The third kappa shape index (κ3) is 2.90. The van der Waals surface area contributed by atoms with E-state index in [0.29, 0.717) is 5.56 Å². The standard InChI is InChI=1S/C12H10F3N3O2/c13-12(14,15)8-3-1-7(2-4-8)6-18-9(16)5-10(19)17-11(18)20/h1-5H,6,16H2,(H,17,19,20). The van der Waals surface area contributed by atoms with Crippen LogP contribution in [0.1, 0.15) is 11.1 Å². The molecule has 106 valence electrons. The molecule has 2 aromatic rings. The Morgan fingerprint density at radius 3 is 2.25 bits per heavy atom. The quantitative estimate of drug-likeness (QED) is 0.869. The lowest BCUT2D eigenvalue weighted by molar-refractivity contribution is -0.137. The number of anilines is 1. The predicted octanol–water partition coefficient (Wildman–Crippen LogP) is 1.19. The molecule has 0 saturated heterocycles. The van der Waals surface area contributed by atoms with Crippen LogP contribution in [0.5, 0.6) is 0 Å². The number of aromatic amines is 1. The summed E-state index contributed by atoms with van der Waals surface area (Å²) in [7, 11) is 0. The van der Waals surface area contributed by atoms with E-state index >= 15 is 0 Å². The molecule has 8 heteroatoms. The first-order valence-corrected chi connectivity index (χ1v) is 5.53. The molecule has 0 amide bonds. The van der Waals surface area contributed by atoms with Crippen LogP contribution in [-0.4, -0.2) is 9.55 Å². The van der Waals surface area contributed by atoms with E-state index in [9.17, 15) is 22.8 Å². The smallest absolute Gasteiger partial charge is 0.385 e. The van der Waals surface area contributed by atoms with Gasteiger partial charge in [0.15, 0.2) is 0 Å². The molecular weight excluding hydrogens is 275 g/mol. The summed E-state index contributed by atoms with van der Waals surface area (Å²) in [6.07, 6.45) is -4.41. The zero-order valence-corrected chi connectivity index (χ0v) is 10.1. The van der Waals surface area contributed by atoms with E-state index in [-0.39, 0.29) is 12.4 Å². The monoisotopic (exact) mass is 285 g/mol. The highest BCUT2D eigenvalue weighted by molar-refractivity contribution is 5.30. The SMILES string of the molecule is Nc1cc(=O)[nH]c(=O)n1Cc1ccc(C(F)(F)F)cc1. The van der Waals surface area contributed by atoms with Crippen LogP contribution in [0.2, 0.25) is 0 Å². The second-order valence-corrected chi connectivity index (χ2v) is 4.14. The molecule has 20 heavy (non-hydrogen) atoms. The second-order valence-electron chi connectivity index (χ2n) is 4.14. The van der Waals surface area contributed by atoms with Crippen LogP contribution < -0.4 is 17.0 Å². The van der Waals surface area contributed by atoms with Crippen molar-refractivity contribution < 1.29 is 13.2 Å². The first kappa shape index (κ1) is 13.9. The van der Waals surface area contributed by atoms with Crippen molar-refractivity contribution in [1.29, 1.82) is 0 Å². The van der Waals surface area contributed by atoms with Gasteiger partial charge in [-0.1, -0.05) is 12.1 Å². The van der Waals surface area contributed by atoms with Crippen LogP contribution >= 0.6 is 0 Å². The fraction of sp³-hybridized carbons (Fsp3) is 0.167. The van der Waals surface area contributed by atoms with Crippen LogP contribution in [0.4, 0.5) is 19.0 Å². The van der Waals surface area contributed by atoms with E-state index in [2.05, 4.69) is 0 Å². The third-order valence-corrected chi connectivity index (χ3v) is 2.69. The number of nitrogens with two attached hydrogens (primary N) is 1. The van der Waals surface area contributed by atoms with Crippen LogP contribution in [0.3, 0.4) is 0 Å². The number of H-pyrrole nitrogens is 1. The van der Waals surface area contributed by atoms with Gasteiger partial charge in [0.1, 0.15) is 5.82 Å². The Balaban J connectivity index is 2.32. The van der Waals surface area contributed by atoms with Gasteiger partial charge in [-0.3, -0.25) is 14.3 Å². The van der Waals surface area contributed by atoms with E-state index in [4.69, 9.17) is 5.73 Å². The summed E-state index contributed by atoms with van der Waals surface area (Å²) in [5.74, 6) is -0.0568. The normalized spacial score (nSPS) is 11.6. The third-order valence-electron chi connectivity index (χ3n) is 2.69. The van der Waals surface area contributed by atoms with E-state index in [1.165, 1.54) is 12.1 Å². The molecule has 2 rings (SSSR count). The van der Waals surface area contributed by atoms with Crippen molar-refractivity contribution in [3.05, 3.63) is 62.3 Å². The number of alkyl halides is 3. The molecule has 0 aliphatic heterocycles. The fourth-order valence-corrected chi connectivity index (χ4v) is 1.68. The Labute approximate surface area is 110 Å². The Bertz CT molecular complexity index is 729. The van der Waals surface area contributed by atoms with Gasteiger partial charge in [-0.15, -0.1) is 0 Å². The van der Waals surface area contributed by atoms with Crippen molar-refractivity contribution in [3.63, 3.8) is 0 Å². The maximum atomic E-state index is 12.4. The summed E-state index contributed by atoms with van der Waals surface area (Å²) in [5.41, 5.74) is 3.87. The number of halogens is 3. The molecule has 1 heterocycles. The van der Waals surface area contributed by atoms with Crippen LogP contribution in [0.15, 0.2) is 39.9 Å². The minimum Gasteiger partial charge on any atom is -0.385 e. The van der Waals surface area contributed by atoms with E-state index in [0.717, 1.165) is 22.8 Å². The molecule has 5 nitrogen and oxygen atoms in total. The molecule has 0 aliphatic carbocycles. The number of nitrogens with one attached hydrogen (secondary N) is 1. The zero-order valence-electron chi connectivity index (χ0n) is 10.1. The summed E-state index contributed by atoms with van der Waals surface area (Å²) < 4.78 is 38.3. The molecule has 1 aromatic carbocycles. The number of hydrogen-bond donors (Lipinski definition) is 2. The molecule has 0 saturated carbocycles. The number of aromatic nitrogens is 2. The Morgan fingerprint density at radius 1 is 1.15 bits per heavy atom. The molecule has 0 aliphatic rings. The minimum absolute atomic E-state index is 0.0282. The van der Waals surface area contributed by atoms with Crippen molar-refractivity contribution in [2.24, 2.45) is 0 Å². The first-order valence-electron chi connectivity index (χ1n) is 5.53. The number of nitrogens with zero attached hydrogens (tertiary/aromatic N) is 1. The van der Waals surface area contributed by atoms with Gasteiger partial charge in [-0.05, 0) is 17.7 Å². The largest absolute Gasteiger partial charge is 0.416 e. The Kier molecular flexibility index (Phi) is 3.39. The Morgan fingerprint density at radius 2 is 1.75 bits per heavy atom. The first-order chi connectivity index (χ1) is 9.27. The second kappa shape index (κ2) is 4.87. The maximum Gasteiger partial charge on any atom is 0.416 e. The highest BCUT2D eigenvalue weighted by Gasteiger charge is 2.29. The molecule has 3 N–H and O–H groups in total. The van der Waals surface area contributed by atoms with Gasteiger partial charge in [-0.25, -0.2) is 4.79 Å². The highest BCUT2D eigenvalue weighted by Crippen LogP contribution is 2.29. The number of benzene rings is 1. The van der Waals surface area contributed by atoms with Gasteiger partial charge in [0.25, 0.3) is 5.56 Å². The van der Waals surface area contributed by atoms with E-state index in [1.807, 2.05) is 4.98 Å². The summed E-state index contributed by atoms with van der Waals surface area (Å²) in [5, 5.41) is 0. The Hall–Kier alpha value is -2.51. The molecule has 1 aromatic heterocycles. The lowest BCUT2D eigenvalue weighted by atomic mass is 10.1. The van der Waals surface area contributed by atoms with Gasteiger partial charge in [0.05, 0.1) is 12.1 Å². The minimum atomic E-state index is -4.41. The summed E-state index contributed by atoms with van der Waals surface area (Å²) in [6.45, 7) is -0.0282. The van der Waals surface area contributed by atoms with Crippen molar-refractivity contribution >= 4 is 5.82 Å². The maximum absolute atomic E-state index is 12.4. The van der Waals surface area contributed by atoms with Crippen molar-refractivity contribution in [2.75, 3.05) is 5.73 Å². The molecule has 0 unspecified atom stereocenters. The molecule has 0 spiro atoms. The highest BCUT2D eigenvalue weighted by atomic mass is 19.4. The van der Waals surface area contributed by atoms with Crippen molar-refractivity contribution in [2.45, 2.75) is 12.7 Å². The lowest BCUT2D eigenvalue weighted by Crippen LogP contribution is -2.31. The summed E-state index contributed by atoms with van der Waals surface area (Å²) in [4.78, 5) is 24.6. The van der Waals surface area contributed by atoms with Crippen molar-refractivity contribution in [1.82, 2.24) is 9.55 Å². The number of nitrogen functional groups attached to an aromatic ring is 1. The van der Waals surface area contributed by atoms with Gasteiger partial charge in [-0.2, -0.15) is 13.2 Å². The fourth-order valence-electron chi connectivity index (χ4n) is 1.68. The average Bonchev–Trinajstić information content (AvgIpc) is 2.33. The van der Waals surface area contributed by atoms with Gasteiger partial charge < -0.3 is 5.73 Å². The van der Waals surface area contributed by atoms with E-state index in [1.54, 1.807) is 0 Å². The zero-order chi connectivity index (χ0) is 14.9. The number of rotatable bonds is 2. The topological polar surface area (TPSA) is 80.9 Å². The molecule has 0 radical (unpaired) electrons. The van der Waals surface area contributed by atoms with Gasteiger partial charge in [0.2, 0.25) is 0 Å². The van der Waals surface area contributed by atoms with Crippen molar-refractivity contribution in [3.8, 4) is 0 Å². The molecule has 0 fully saturated rings. The molecule has 0 atom stereocenters. The summed E-state index contributed by atoms with van der Waals surface area (Å²) >= 11 is 0. The van der Waals surface area contributed by atoms with Gasteiger partial charge >= 0.3 is 11.9 Å². The molecule has 0 bridgehead atoms. The van der Waals surface area contributed by atoms with Crippen LogP contribution in [-0.2, 0) is 12.7 Å². The molecular formula is C12H10F3N3O2. The van der Waals surface area contributed by atoms with Gasteiger partial charge in [0, 0.05) is 6.07 Å². The van der Waals surface area contributed by atoms with E-state index < -0.39 is 23.0 Å². The predicted molar refractivity (Wildman–Crippen MR) is 66.3 cm³/mol. The number of hydrogen-bond acceptors (Lipinski definition) is 3.